The quantitative estimate of drug-likeness (QED) is 0.188. The van der Waals surface area contributed by atoms with Gasteiger partial charge in [0.2, 0.25) is 5.78 Å². The molecule has 6 heteroatoms. The minimum Gasteiger partial charge on any atom is -0.493 e. The molecule has 1 atom stereocenters. The van der Waals surface area contributed by atoms with Crippen molar-refractivity contribution in [3.8, 4) is 23.0 Å². The van der Waals surface area contributed by atoms with Crippen molar-refractivity contribution in [2.24, 2.45) is 5.41 Å². The summed E-state index contributed by atoms with van der Waals surface area (Å²) in [4.78, 5) is 14.2. The van der Waals surface area contributed by atoms with Crippen molar-refractivity contribution >= 4 is 27.5 Å². The number of carbonyl (C=O) groups excluding carboxylic acids is 1. The van der Waals surface area contributed by atoms with Gasteiger partial charge in [-0.15, -0.1) is 0 Å². The number of ketones is 1. The van der Waals surface area contributed by atoms with E-state index in [1.807, 2.05) is 54.6 Å². The normalized spacial score (nSPS) is 15.3. The molecule has 204 valence electrons. The molecule has 0 spiro atoms. The molecule has 3 aromatic carbocycles. The molecule has 38 heavy (non-hydrogen) atoms. The number of rotatable bonds is 11. The highest BCUT2D eigenvalue weighted by Gasteiger charge is 2.46. The molecule has 0 aromatic heterocycles. The second-order valence-electron chi connectivity index (χ2n) is 10.7. The van der Waals surface area contributed by atoms with Crippen LogP contribution in [0.5, 0.6) is 23.0 Å². The predicted molar refractivity (Wildman–Crippen MR) is 158 cm³/mol. The van der Waals surface area contributed by atoms with Gasteiger partial charge in [0, 0.05) is 33.3 Å². The number of benzene rings is 3. The van der Waals surface area contributed by atoms with Gasteiger partial charge < -0.3 is 18.9 Å². The summed E-state index contributed by atoms with van der Waals surface area (Å²) in [5.74, 6) is 4.85. The van der Waals surface area contributed by atoms with Crippen LogP contribution >= 0.6 is 0 Å². The van der Waals surface area contributed by atoms with Gasteiger partial charge in [0.1, 0.15) is 23.0 Å². The Morgan fingerprint density at radius 3 is 2.21 bits per heavy atom. The molecule has 5 nitrogen and oxygen atoms in total. The Morgan fingerprint density at radius 2 is 1.53 bits per heavy atom. The molecule has 0 saturated carbocycles. The maximum absolute atomic E-state index is 14.2. The fourth-order valence-corrected chi connectivity index (χ4v) is 7.63. The van der Waals surface area contributed by atoms with Gasteiger partial charge in [-0.05, 0) is 42.5 Å². The maximum Gasteiger partial charge on any atom is 0.216 e. The van der Waals surface area contributed by atoms with Crippen molar-refractivity contribution in [3.05, 3.63) is 60.2 Å². The molecule has 1 saturated heterocycles. The van der Waals surface area contributed by atoms with E-state index in [9.17, 15) is 4.79 Å². The first kappa shape index (κ1) is 28.3. The summed E-state index contributed by atoms with van der Waals surface area (Å²) in [6, 6.07) is 17.6. The van der Waals surface area contributed by atoms with E-state index in [4.69, 9.17) is 18.9 Å². The summed E-state index contributed by atoms with van der Waals surface area (Å²) in [5.41, 5.74) is 0.624. The number of carbonyl (C=O) groups is 1. The average molecular weight is 538 g/mol. The number of ether oxygens (including phenoxy) is 4. The molecule has 0 bridgehead atoms. The van der Waals surface area contributed by atoms with Gasteiger partial charge in [0.05, 0.1) is 26.4 Å². The Kier molecular flexibility index (Phi) is 9.61. The summed E-state index contributed by atoms with van der Waals surface area (Å²) in [5, 5.41) is 1.78. The van der Waals surface area contributed by atoms with E-state index in [1.54, 1.807) is 0 Å². The smallest absolute Gasteiger partial charge is 0.216 e. The van der Waals surface area contributed by atoms with Crippen molar-refractivity contribution in [1.29, 1.82) is 0 Å². The van der Waals surface area contributed by atoms with Crippen molar-refractivity contribution < 1.29 is 23.7 Å². The Morgan fingerprint density at radius 1 is 0.868 bits per heavy atom. The first-order valence-electron chi connectivity index (χ1n) is 13.7. The van der Waals surface area contributed by atoms with Crippen molar-refractivity contribution in [3.63, 3.8) is 0 Å². The lowest BCUT2D eigenvalue weighted by Gasteiger charge is -2.31. The molecule has 1 unspecified atom stereocenters. The zero-order valence-electron chi connectivity index (χ0n) is 23.4. The molecule has 1 heterocycles. The van der Waals surface area contributed by atoms with Crippen molar-refractivity contribution in [2.75, 3.05) is 37.9 Å². The number of Topliss-reactive ketones (excluding diaryl/α,β-unsaturated/α-hetero) is 1. The van der Waals surface area contributed by atoms with Crippen molar-refractivity contribution in [1.82, 2.24) is 0 Å². The molecule has 3 aromatic rings. The second-order valence-corrected chi connectivity index (χ2v) is 13.1. The van der Waals surface area contributed by atoms with Crippen LogP contribution in [0.25, 0.3) is 10.8 Å². The summed E-state index contributed by atoms with van der Waals surface area (Å²) in [7, 11) is -0.00791. The van der Waals surface area contributed by atoms with Gasteiger partial charge in [-0.25, -0.2) is 0 Å². The van der Waals surface area contributed by atoms with Gasteiger partial charge in [-0.2, -0.15) is 0 Å². The lowest BCUT2D eigenvalue weighted by molar-refractivity contribution is 0.0947. The number of hydrogen-bond acceptors (Lipinski definition) is 5. The molecular weight excluding hydrogens is 496 g/mol. The molecule has 0 radical (unpaired) electrons. The van der Waals surface area contributed by atoms with Gasteiger partial charge in [-0.1, -0.05) is 58.9 Å². The maximum atomic E-state index is 14.2. The zero-order valence-corrected chi connectivity index (χ0v) is 24.2. The highest BCUT2D eigenvalue weighted by molar-refractivity contribution is 7.98. The van der Waals surface area contributed by atoms with Gasteiger partial charge in [0.15, 0.2) is 16.7 Å². The van der Waals surface area contributed by atoms with Crippen LogP contribution in [-0.4, -0.2) is 49.0 Å². The van der Waals surface area contributed by atoms with Crippen LogP contribution in [0, 0.1) is 5.41 Å². The standard InChI is InChI=1S/C32H41O5S/c1-6-16-35-23-12-14-28(29(22-23)36-17-7-2)37-27-15-13-26(24-10-8-9-11-25(24)27)30(33)31(32(3,4)5)38-20-18-34-19-21-38/h8-15,22,31H,6-7,16-21H2,1-5H3/q+1. The molecule has 1 fully saturated rings. The van der Waals surface area contributed by atoms with Crippen LogP contribution in [0.3, 0.4) is 0 Å². The molecule has 0 N–H and O–H groups in total. The van der Waals surface area contributed by atoms with E-state index in [-0.39, 0.29) is 27.3 Å². The summed E-state index contributed by atoms with van der Waals surface area (Å²) < 4.78 is 23.9. The fraction of sp³-hybridized carbons (Fsp3) is 0.469. The Hall–Kier alpha value is -2.70. The minimum absolute atomic E-state index is 0.00791. The third-order valence-electron chi connectivity index (χ3n) is 6.56. The molecule has 0 amide bonds. The molecule has 0 aliphatic carbocycles. The minimum atomic E-state index is -0.138. The highest BCUT2D eigenvalue weighted by atomic mass is 32.2. The molecule has 4 rings (SSSR count). The Bertz CT molecular complexity index is 1230. The lowest BCUT2D eigenvalue weighted by atomic mass is 9.86. The van der Waals surface area contributed by atoms with Gasteiger partial charge in [0.25, 0.3) is 0 Å². The van der Waals surface area contributed by atoms with Gasteiger partial charge in [-0.3, -0.25) is 4.79 Å². The number of hydrogen-bond donors (Lipinski definition) is 0. The summed E-state index contributed by atoms with van der Waals surface area (Å²) in [6.07, 6.45) is 1.83. The predicted octanol–water partition coefficient (Wildman–Crippen LogP) is 7.46. The first-order chi connectivity index (χ1) is 18.3. The largest absolute Gasteiger partial charge is 0.493 e. The van der Waals surface area contributed by atoms with Crippen LogP contribution in [-0.2, 0) is 15.6 Å². The van der Waals surface area contributed by atoms with Crippen LogP contribution in [0.15, 0.2) is 54.6 Å². The SMILES string of the molecule is CCCOc1ccc(Oc2ccc(C(=O)C([S+]3CCOCC3)C(C)(C)C)c3ccccc23)c(OCCC)c1. The van der Waals surface area contributed by atoms with Crippen LogP contribution in [0.1, 0.15) is 57.8 Å². The third-order valence-corrected chi connectivity index (χ3v) is 9.53. The van der Waals surface area contributed by atoms with Crippen LogP contribution < -0.4 is 14.2 Å². The van der Waals surface area contributed by atoms with E-state index in [0.717, 1.165) is 59.6 Å². The summed E-state index contributed by atoms with van der Waals surface area (Å²) in [6.45, 7) is 13.4. The first-order valence-corrected chi connectivity index (χ1v) is 15.3. The summed E-state index contributed by atoms with van der Waals surface area (Å²) >= 11 is 0. The van der Waals surface area contributed by atoms with Crippen LogP contribution in [0.4, 0.5) is 0 Å². The molecule has 1 aliphatic heterocycles. The van der Waals surface area contributed by atoms with E-state index < -0.39 is 0 Å². The Labute approximate surface area is 230 Å². The van der Waals surface area contributed by atoms with E-state index in [1.165, 1.54) is 0 Å². The van der Waals surface area contributed by atoms with E-state index in [0.29, 0.717) is 30.5 Å². The van der Waals surface area contributed by atoms with E-state index >= 15 is 0 Å². The van der Waals surface area contributed by atoms with Crippen molar-refractivity contribution in [2.45, 2.75) is 52.7 Å². The average Bonchev–Trinajstić information content (AvgIpc) is 2.91. The van der Waals surface area contributed by atoms with Crippen LogP contribution in [0.2, 0.25) is 0 Å². The highest BCUT2D eigenvalue weighted by Crippen LogP contribution is 2.40. The van der Waals surface area contributed by atoms with Gasteiger partial charge >= 0.3 is 0 Å². The Balaban J connectivity index is 1.70. The molecular formula is C32H41O5S+. The monoisotopic (exact) mass is 537 g/mol. The van der Waals surface area contributed by atoms with E-state index in [2.05, 4.69) is 34.6 Å². The second kappa shape index (κ2) is 12.9. The lowest BCUT2D eigenvalue weighted by Crippen LogP contribution is -2.47. The zero-order chi connectivity index (χ0) is 27.1. The topological polar surface area (TPSA) is 54.0 Å². The molecule has 1 aliphatic rings. The fourth-order valence-electron chi connectivity index (χ4n) is 4.86. The third kappa shape index (κ3) is 6.65. The number of fused-ring (bicyclic) bond motifs is 1.